The molecule has 1 amide bonds. The number of oxime groups is 1. The molecule has 2 aliphatic heterocycles. The Hall–Kier alpha value is -2.37. The molecule has 1 N–H and O–H groups in total. The van der Waals surface area contributed by atoms with Gasteiger partial charge in [0.25, 0.3) is 5.91 Å². The van der Waals surface area contributed by atoms with Crippen LogP contribution in [-0.4, -0.2) is 46.3 Å². The van der Waals surface area contributed by atoms with E-state index in [0.29, 0.717) is 25.1 Å². The highest BCUT2D eigenvalue weighted by Gasteiger charge is 2.48. The first kappa shape index (κ1) is 12.7. The first-order valence-electron chi connectivity index (χ1n) is 6.42. The van der Waals surface area contributed by atoms with Gasteiger partial charge in [0.2, 0.25) is 0 Å². The first-order chi connectivity index (χ1) is 9.60. The molecule has 6 nitrogen and oxygen atoms in total. The number of carboxylic acid groups (broad SMARTS) is 1. The van der Waals surface area contributed by atoms with Crippen LogP contribution in [0.2, 0.25) is 0 Å². The second-order valence-corrected chi connectivity index (χ2v) is 5.14. The number of carbonyl (C=O) groups is 2. The largest absolute Gasteiger partial charge is 0.477 e. The van der Waals surface area contributed by atoms with Crippen LogP contribution in [0.4, 0.5) is 0 Å². The van der Waals surface area contributed by atoms with Crippen molar-refractivity contribution in [3.8, 4) is 0 Å². The summed E-state index contributed by atoms with van der Waals surface area (Å²) in [6.07, 6.45) is 0.854. The van der Waals surface area contributed by atoms with Crippen molar-refractivity contribution in [3.05, 3.63) is 35.9 Å². The molecule has 2 aliphatic rings. The van der Waals surface area contributed by atoms with Gasteiger partial charge in [-0.05, 0) is 12.1 Å². The summed E-state index contributed by atoms with van der Waals surface area (Å²) in [5.74, 6) is -1.12. The summed E-state index contributed by atoms with van der Waals surface area (Å²) in [5.41, 5.74) is -0.000957. The Morgan fingerprint density at radius 1 is 1.30 bits per heavy atom. The molecule has 0 radical (unpaired) electrons. The minimum atomic E-state index is -1.06. The quantitative estimate of drug-likeness (QED) is 0.876. The Bertz CT molecular complexity index is 584. The number of likely N-dealkylation sites (tertiary alicyclic amines) is 1. The van der Waals surface area contributed by atoms with Gasteiger partial charge in [-0.3, -0.25) is 4.79 Å². The molecule has 0 saturated carbocycles. The van der Waals surface area contributed by atoms with Crippen LogP contribution in [0, 0.1) is 0 Å². The summed E-state index contributed by atoms with van der Waals surface area (Å²) in [7, 11) is 0. The number of nitrogens with zero attached hydrogens (tertiary/aromatic N) is 2. The van der Waals surface area contributed by atoms with Crippen LogP contribution in [0.3, 0.4) is 0 Å². The normalized spacial score (nSPS) is 24.6. The fraction of sp³-hybridized carbons (Fsp3) is 0.357. The van der Waals surface area contributed by atoms with E-state index in [1.165, 1.54) is 0 Å². The molecule has 1 aromatic rings. The van der Waals surface area contributed by atoms with Crippen LogP contribution < -0.4 is 0 Å². The minimum absolute atomic E-state index is 0.0269. The van der Waals surface area contributed by atoms with E-state index in [-0.39, 0.29) is 18.0 Å². The number of aliphatic carboxylic acids is 1. The monoisotopic (exact) mass is 274 g/mol. The van der Waals surface area contributed by atoms with Crippen molar-refractivity contribution in [2.75, 3.05) is 13.1 Å². The van der Waals surface area contributed by atoms with Gasteiger partial charge >= 0.3 is 5.97 Å². The van der Waals surface area contributed by atoms with E-state index < -0.39 is 11.6 Å². The lowest BCUT2D eigenvalue weighted by Crippen LogP contribution is -2.36. The number of carbonyl (C=O) groups excluding carboxylic acids is 1. The number of rotatable bonds is 2. The molecule has 0 bridgehead atoms. The van der Waals surface area contributed by atoms with E-state index in [9.17, 15) is 9.59 Å². The maximum atomic E-state index is 12.3. The van der Waals surface area contributed by atoms with Crippen molar-refractivity contribution in [3.63, 3.8) is 0 Å². The summed E-state index contributed by atoms with van der Waals surface area (Å²) in [4.78, 5) is 30.2. The summed E-state index contributed by atoms with van der Waals surface area (Å²) in [5, 5.41) is 12.5. The van der Waals surface area contributed by atoms with Crippen LogP contribution in [0.25, 0.3) is 0 Å². The fourth-order valence-corrected chi connectivity index (χ4v) is 2.64. The molecule has 1 atom stereocenters. The number of hydrogen-bond acceptors (Lipinski definition) is 4. The third-order valence-electron chi connectivity index (χ3n) is 3.71. The Balaban J connectivity index is 1.69. The van der Waals surface area contributed by atoms with Crippen molar-refractivity contribution in [2.24, 2.45) is 5.16 Å². The van der Waals surface area contributed by atoms with Crippen LogP contribution >= 0.6 is 0 Å². The van der Waals surface area contributed by atoms with Crippen molar-refractivity contribution in [1.29, 1.82) is 0 Å². The average Bonchev–Trinajstić information content (AvgIpc) is 3.07. The van der Waals surface area contributed by atoms with Gasteiger partial charge in [0.1, 0.15) is 0 Å². The van der Waals surface area contributed by atoms with Gasteiger partial charge in [-0.2, -0.15) is 0 Å². The Morgan fingerprint density at radius 3 is 2.70 bits per heavy atom. The Kier molecular flexibility index (Phi) is 2.93. The molecule has 0 aromatic heterocycles. The van der Waals surface area contributed by atoms with E-state index in [4.69, 9.17) is 9.94 Å². The minimum Gasteiger partial charge on any atom is -0.477 e. The highest BCUT2D eigenvalue weighted by Crippen LogP contribution is 2.34. The van der Waals surface area contributed by atoms with Crippen LogP contribution in [-0.2, 0) is 9.63 Å². The van der Waals surface area contributed by atoms with Gasteiger partial charge < -0.3 is 14.8 Å². The zero-order valence-electron chi connectivity index (χ0n) is 10.8. The molecule has 1 saturated heterocycles. The third-order valence-corrected chi connectivity index (χ3v) is 3.71. The Morgan fingerprint density at radius 2 is 2.05 bits per heavy atom. The molecule has 104 valence electrons. The van der Waals surface area contributed by atoms with E-state index >= 15 is 0 Å². The number of hydrogen-bond donors (Lipinski definition) is 1. The van der Waals surface area contributed by atoms with Crippen molar-refractivity contribution in [2.45, 2.75) is 18.4 Å². The number of carboxylic acids is 1. The summed E-state index contributed by atoms with van der Waals surface area (Å²) in [6.45, 7) is 0.928. The molecule has 20 heavy (non-hydrogen) atoms. The van der Waals surface area contributed by atoms with Gasteiger partial charge in [0.05, 0.1) is 6.54 Å². The predicted molar refractivity (Wildman–Crippen MR) is 70.5 cm³/mol. The summed E-state index contributed by atoms with van der Waals surface area (Å²) < 4.78 is 0. The lowest BCUT2D eigenvalue weighted by Gasteiger charge is -2.21. The highest BCUT2D eigenvalue weighted by molar-refractivity contribution is 6.36. The number of benzene rings is 1. The average molecular weight is 274 g/mol. The van der Waals surface area contributed by atoms with Crippen molar-refractivity contribution in [1.82, 2.24) is 4.90 Å². The summed E-state index contributed by atoms with van der Waals surface area (Å²) in [6, 6.07) is 9.02. The van der Waals surface area contributed by atoms with Gasteiger partial charge in [0.15, 0.2) is 11.3 Å². The second-order valence-electron chi connectivity index (χ2n) is 5.14. The topological polar surface area (TPSA) is 79.2 Å². The van der Waals surface area contributed by atoms with Crippen LogP contribution in [0.15, 0.2) is 35.5 Å². The highest BCUT2D eigenvalue weighted by atomic mass is 16.7. The van der Waals surface area contributed by atoms with Gasteiger partial charge in [-0.25, -0.2) is 4.79 Å². The molecular formula is C14H14N2O4. The molecule has 3 rings (SSSR count). The van der Waals surface area contributed by atoms with E-state index in [2.05, 4.69) is 5.16 Å². The van der Waals surface area contributed by atoms with E-state index in [0.717, 1.165) is 0 Å². The summed E-state index contributed by atoms with van der Waals surface area (Å²) >= 11 is 0. The molecule has 1 spiro atoms. The number of amides is 1. The maximum Gasteiger partial charge on any atom is 0.353 e. The van der Waals surface area contributed by atoms with E-state index in [1.807, 2.05) is 18.2 Å². The van der Waals surface area contributed by atoms with Gasteiger partial charge in [-0.15, -0.1) is 0 Å². The van der Waals surface area contributed by atoms with Gasteiger partial charge in [-0.1, -0.05) is 23.4 Å². The molecule has 0 unspecified atom stereocenters. The zero-order chi connectivity index (χ0) is 14.2. The van der Waals surface area contributed by atoms with Gasteiger partial charge in [0, 0.05) is 24.9 Å². The molecular weight excluding hydrogens is 260 g/mol. The zero-order valence-corrected chi connectivity index (χ0v) is 10.8. The SMILES string of the molecule is O=C(O)C1=NO[C@@]2(CCN(C(=O)c3ccccc3)C2)C1. The lowest BCUT2D eigenvalue weighted by molar-refractivity contribution is -0.129. The Labute approximate surface area is 115 Å². The fourth-order valence-electron chi connectivity index (χ4n) is 2.64. The smallest absolute Gasteiger partial charge is 0.353 e. The first-order valence-corrected chi connectivity index (χ1v) is 6.42. The second kappa shape index (κ2) is 4.63. The van der Waals surface area contributed by atoms with Crippen LogP contribution in [0.1, 0.15) is 23.2 Å². The predicted octanol–water partition coefficient (Wildman–Crippen LogP) is 1.13. The molecule has 6 heteroatoms. The molecule has 1 fully saturated rings. The third kappa shape index (κ3) is 2.13. The molecule has 0 aliphatic carbocycles. The van der Waals surface area contributed by atoms with Crippen LogP contribution in [0.5, 0.6) is 0 Å². The molecule has 2 heterocycles. The van der Waals surface area contributed by atoms with E-state index in [1.54, 1.807) is 17.0 Å². The maximum absolute atomic E-state index is 12.3. The van der Waals surface area contributed by atoms with Crippen molar-refractivity contribution < 1.29 is 19.5 Å². The van der Waals surface area contributed by atoms with Crippen molar-refractivity contribution >= 4 is 17.6 Å². The molecule has 1 aromatic carbocycles. The lowest BCUT2D eigenvalue weighted by atomic mass is 9.97. The standard InChI is InChI=1S/C14H14N2O4/c17-12(10-4-2-1-3-5-10)16-7-6-14(9-16)8-11(13(18)19)15-20-14/h1-5H,6-9H2,(H,18,19)/t14-/m0/s1.